The van der Waals surface area contributed by atoms with E-state index in [9.17, 15) is 33.9 Å². The Morgan fingerprint density at radius 2 is 1.78 bits per heavy atom. The number of aliphatic carboxylic acids is 1. The molecule has 6 amide bonds. The summed E-state index contributed by atoms with van der Waals surface area (Å²) in [6.45, 7) is 0.314. The molecule has 0 aliphatic carbocycles. The van der Waals surface area contributed by atoms with Crippen LogP contribution in [0.2, 0.25) is 0 Å². The molecular formula is C23H33N5O7S. The van der Waals surface area contributed by atoms with Crippen LogP contribution in [0, 0.1) is 0 Å². The molecule has 0 bridgehead atoms. The fourth-order valence-electron chi connectivity index (χ4n) is 4.45. The average Bonchev–Trinajstić information content (AvgIpc) is 3.48. The number of carbonyl (C=O) groups excluding carboxylic acids is 5. The van der Waals surface area contributed by atoms with Gasteiger partial charge in [-0.3, -0.25) is 24.1 Å². The second-order valence-electron chi connectivity index (χ2n) is 9.08. The van der Waals surface area contributed by atoms with Gasteiger partial charge in [0.05, 0.1) is 12.1 Å². The topological polar surface area (TPSA) is 174 Å². The first kappa shape index (κ1) is 27.5. The highest BCUT2D eigenvalue weighted by molar-refractivity contribution is 8.00. The molecule has 198 valence electrons. The maximum Gasteiger partial charge on any atom is 0.326 e. The third kappa shape index (κ3) is 7.97. The van der Waals surface area contributed by atoms with Gasteiger partial charge in [-0.05, 0) is 32.1 Å². The van der Waals surface area contributed by atoms with E-state index in [0.29, 0.717) is 31.1 Å². The van der Waals surface area contributed by atoms with Crippen molar-refractivity contribution in [2.24, 2.45) is 0 Å². The van der Waals surface area contributed by atoms with Crippen molar-refractivity contribution in [3.8, 4) is 0 Å². The molecule has 0 saturated carbocycles. The van der Waals surface area contributed by atoms with E-state index in [0.717, 1.165) is 42.1 Å². The molecule has 2 saturated heterocycles. The van der Waals surface area contributed by atoms with Crippen LogP contribution in [0.15, 0.2) is 12.2 Å². The second kappa shape index (κ2) is 13.3. The predicted octanol–water partition coefficient (Wildman–Crippen LogP) is -0.117. The first-order valence-corrected chi connectivity index (χ1v) is 13.3. The molecule has 3 aliphatic heterocycles. The molecule has 1 unspecified atom stereocenters. The molecule has 36 heavy (non-hydrogen) atoms. The number of thioether (sulfide) groups is 1. The van der Waals surface area contributed by atoms with Gasteiger partial charge in [-0.2, -0.15) is 11.8 Å². The molecule has 3 aliphatic rings. The monoisotopic (exact) mass is 523 g/mol. The van der Waals surface area contributed by atoms with E-state index in [2.05, 4.69) is 21.3 Å². The summed E-state index contributed by atoms with van der Waals surface area (Å²) < 4.78 is 0. The standard InChI is InChI=1S/C23H33N5O7S/c29-17(7-2-1-6-16-21-15(13-36-16)26-23(35)27-21)24-11-4-3-5-14(22(33)34)25-18(30)10-12-28-19(31)8-9-20(28)32/h8-9,14-16,21H,1-7,10-13H2,(H,24,29)(H,25,30)(H,33,34)(H2,26,27,35)/t14?,15-,16-,21-/m0/s1. The zero-order valence-electron chi connectivity index (χ0n) is 20.0. The molecule has 0 radical (unpaired) electrons. The Morgan fingerprint density at radius 1 is 1.03 bits per heavy atom. The van der Waals surface area contributed by atoms with Gasteiger partial charge in [-0.15, -0.1) is 0 Å². The molecule has 2 fully saturated rings. The van der Waals surface area contributed by atoms with Crippen molar-refractivity contribution < 1.29 is 33.9 Å². The molecule has 3 rings (SSSR count). The Morgan fingerprint density at radius 3 is 2.50 bits per heavy atom. The van der Waals surface area contributed by atoms with Gasteiger partial charge in [0.2, 0.25) is 11.8 Å². The summed E-state index contributed by atoms with van der Waals surface area (Å²) in [7, 11) is 0. The molecule has 13 heteroatoms. The number of urea groups is 1. The van der Waals surface area contributed by atoms with Gasteiger partial charge in [-0.1, -0.05) is 6.42 Å². The Balaban J connectivity index is 1.21. The summed E-state index contributed by atoms with van der Waals surface area (Å²) in [5.74, 6) is -1.84. The number of carbonyl (C=O) groups is 6. The van der Waals surface area contributed by atoms with Crippen LogP contribution in [0.25, 0.3) is 0 Å². The van der Waals surface area contributed by atoms with Crippen LogP contribution >= 0.6 is 11.8 Å². The Labute approximate surface area is 213 Å². The summed E-state index contributed by atoms with van der Waals surface area (Å²) in [4.78, 5) is 70.9. The third-order valence-electron chi connectivity index (χ3n) is 6.42. The summed E-state index contributed by atoms with van der Waals surface area (Å²) in [6, 6.07) is -0.804. The molecular weight excluding hydrogens is 490 g/mol. The lowest BCUT2D eigenvalue weighted by molar-refractivity contribution is -0.143. The lowest BCUT2D eigenvalue weighted by Gasteiger charge is -2.17. The zero-order valence-corrected chi connectivity index (χ0v) is 20.8. The Kier molecular flexibility index (Phi) is 10.1. The molecule has 5 N–H and O–H groups in total. The summed E-state index contributed by atoms with van der Waals surface area (Å²) in [5.41, 5.74) is 0. The number of fused-ring (bicyclic) bond motifs is 1. The minimum atomic E-state index is -1.16. The van der Waals surface area contributed by atoms with E-state index in [4.69, 9.17) is 0 Å². The number of nitrogens with one attached hydrogen (secondary N) is 4. The van der Waals surface area contributed by atoms with Gasteiger partial charge < -0.3 is 26.4 Å². The largest absolute Gasteiger partial charge is 0.480 e. The number of unbranched alkanes of at least 4 members (excludes halogenated alkanes) is 2. The van der Waals surface area contributed by atoms with E-state index < -0.39 is 29.7 Å². The highest BCUT2D eigenvalue weighted by Gasteiger charge is 2.42. The smallest absolute Gasteiger partial charge is 0.326 e. The van der Waals surface area contributed by atoms with Gasteiger partial charge in [0, 0.05) is 49.1 Å². The van der Waals surface area contributed by atoms with Crippen molar-refractivity contribution in [3.05, 3.63) is 12.2 Å². The number of hydrogen-bond donors (Lipinski definition) is 5. The van der Waals surface area contributed by atoms with Crippen LogP contribution in [-0.2, 0) is 24.0 Å². The van der Waals surface area contributed by atoms with Gasteiger partial charge in [0.15, 0.2) is 0 Å². The minimum Gasteiger partial charge on any atom is -0.480 e. The van der Waals surface area contributed by atoms with Crippen molar-refractivity contribution in [2.45, 2.75) is 74.7 Å². The van der Waals surface area contributed by atoms with E-state index in [1.807, 2.05) is 11.8 Å². The van der Waals surface area contributed by atoms with Crippen LogP contribution in [-0.4, -0.2) is 87.9 Å². The van der Waals surface area contributed by atoms with Crippen LogP contribution in [0.1, 0.15) is 51.4 Å². The zero-order chi connectivity index (χ0) is 26.1. The quantitative estimate of drug-likeness (QED) is 0.112. The number of carboxylic acid groups (broad SMARTS) is 1. The highest BCUT2D eigenvalue weighted by atomic mass is 32.2. The van der Waals surface area contributed by atoms with Crippen LogP contribution in [0.3, 0.4) is 0 Å². The molecule has 12 nitrogen and oxygen atoms in total. The van der Waals surface area contributed by atoms with Crippen molar-refractivity contribution in [3.63, 3.8) is 0 Å². The van der Waals surface area contributed by atoms with E-state index in [1.165, 1.54) is 0 Å². The highest BCUT2D eigenvalue weighted by Crippen LogP contribution is 2.33. The minimum absolute atomic E-state index is 0.0497. The number of amides is 6. The van der Waals surface area contributed by atoms with Crippen molar-refractivity contribution in [2.75, 3.05) is 18.8 Å². The molecule has 0 aromatic carbocycles. The van der Waals surface area contributed by atoms with Gasteiger partial charge in [0.25, 0.3) is 11.8 Å². The lowest BCUT2D eigenvalue weighted by Crippen LogP contribution is -2.42. The number of hydrogen-bond acceptors (Lipinski definition) is 7. The van der Waals surface area contributed by atoms with Gasteiger partial charge in [-0.25, -0.2) is 9.59 Å². The number of carboxylic acids is 1. The van der Waals surface area contributed by atoms with E-state index in [1.54, 1.807) is 0 Å². The van der Waals surface area contributed by atoms with Crippen LogP contribution in [0.5, 0.6) is 0 Å². The maximum absolute atomic E-state index is 12.1. The first-order valence-electron chi connectivity index (χ1n) is 12.3. The first-order chi connectivity index (χ1) is 17.2. The molecule has 0 aromatic heterocycles. The molecule has 4 atom stereocenters. The Bertz CT molecular complexity index is 893. The van der Waals surface area contributed by atoms with Crippen LogP contribution in [0.4, 0.5) is 4.79 Å². The lowest BCUT2D eigenvalue weighted by atomic mass is 10.0. The molecule has 0 spiro atoms. The maximum atomic E-state index is 12.1. The third-order valence-corrected chi connectivity index (χ3v) is 7.93. The van der Waals surface area contributed by atoms with Crippen molar-refractivity contribution >= 4 is 47.4 Å². The van der Waals surface area contributed by atoms with E-state index >= 15 is 0 Å². The van der Waals surface area contributed by atoms with Crippen molar-refractivity contribution in [1.82, 2.24) is 26.2 Å². The summed E-state index contributed by atoms with van der Waals surface area (Å²) in [6.07, 6.45) is 6.37. The molecule has 0 aromatic rings. The van der Waals surface area contributed by atoms with Gasteiger partial charge >= 0.3 is 12.0 Å². The number of rotatable bonds is 15. The molecule has 3 heterocycles. The average molecular weight is 524 g/mol. The normalized spacial score (nSPS) is 23.3. The summed E-state index contributed by atoms with van der Waals surface area (Å²) >= 11 is 1.85. The second-order valence-corrected chi connectivity index (χ2v) is 10.4. The van der Waals surface area contributed by atoms with Crippen molar-refractivity contribution in [1.29, 1.82) is 0 Å². The SMILES string of the molecule is O=C(CCCC[C@@H]1SC[C@@H]2NC(=O)N[C@@H]21)NCCCCC(NC(=O)CCN1C(=O)C=CC1=O)C(=O)O. The Hall–Kier alpha value is -3.09. The number of nitrogens with zero attached hydrogens (tertiary/aromatic N) is 1. The van der Waals surface area contributed by atoms with Gasteiger partial charge in [0.1, 0.15) is 6.04 Å². The fraction of sp³-hybridized carbons (Fsp3) is 0.652. The van der Waals surface area contributed by atoms with E-state index in [-0.39, 0.29) is 43.4 Å². The van der Waals surface area contributed by atoms with Crippen LogP contribution < -0.4 is 21.3 Å². The fourth-order valence-corrected chi connectivity index (χ4v) is 6.00. The predicted molar refractivity (Wildman–Crippen MR) is 131 cm³/mol. The summed E-state index contributed by atoms with van der Waals surface area (Å²) in [5, 5.41) is 20.9. The number of imide groups is 1.